The minimum Gasteiger partial charge on any atom is -0.476 e. The molecule has 58 heavy (non-hydrogen) atoms. The van der Waals surface area contributed by atoms with Crippen molar-refractivity contribution in [2.45, 2.75) is 90.7 Å². The quantitative estimate of drug-likeness (QED) is 0.103. The Morgan fingerprint density at radius 3 is 2.48 bits per heavy atom. The van der Waals surface area contributed by atoms with E-state index in [2.05, 4.69) is 59.9 Å². The van der Waals surface area contributed by atoms with Crippen molar-refractivity contribution in [3.63, 3.8) is 0 Å². The summed E-state index contributed by atoms with van der Waals surface area (Å²) >= 11 is 1.37. The number of anilines is 1. The Labute approximate surface area is 342 Å². The first-order valence-electron chi connectivity index (χ1n) is 20.4. The second-order valence-electron chi connectivity index (χ2n) is 18.2. The van der Waals surface area contributed by atoms with E-state index in [1.54, 1.807) is 12.3 Å². The summed E-state index contributed by atoms with van der Waals surface area (Å²) in [5.74, 6) is -1.41. The summed E-state index contributed by atoms with van der Waals surface area (Å²) in [6.07, 6.45) is 11.0. The zero-order valence-corrected chi connectivity index (χ0v) is 34.9. The molecule has 0 aliphatic heterocycles. The fourth-order valence-electron chi connectivity index (χ4n) is 12.2. The van der Waals surface area contributed by atoms with E-state index in [1.807, 2.05) is 67.8 Å². The van der Waals surface area contributed by atoms with Crippen LogP contribution in [-0.4, -0.2) is 67.5 Å². The zero-order chi connectivity index (χ0) is 40.7. The lowest BCUT2D eigenvalue weighted by Gasteiger charge is -2.72. The first kappa shape index (κ1) is 38.5. The SMILES string of the molecule is CCC(C)(n1ncc(-c2ccc(-c3ccc4cccc(C(=O)Nc5nc6ncccc6s5)c4c3)nc2C(=O)O)c1C)C12CC3(C)CC(C)(CC(OCCNC)(C3)C1)C2. The number of aromatic nitrogens is 5. The molecule has 4 bridgehead atoms. The van der Waals surface area contributed by atoms with Gasteiger partial charge in [0.2, 0.25) is 0 Å². The van der Waals surface area contributed by atoms with Gasteiger partial charge in [0.1, 0.15) is 0 Å². The maximum Gasteiger partial charge on any atom is 0.355 e. The Morgan fingerprint density at radius 1 is 0.966 bits per heavy atom. The number of nitrogens with one attached hydrogen (secondary N) is 2. The standard InChI is InChI=1S/C46H51N7O4S/c1-7-44(5,45-23-42(3)22-43(4,24-45)26-46(25-42,27-45)57-19-18-47-6)53-28(2)34(21-49-53)31-15-16-35(50-37(31)40(55)56)30-14-13-29-10-8-11-32(33(29)20-30)39(54)52-41-51-38-36(58-41)12-9-17-48-38/h8-17,20-21,47H,7,18-19,22-27H2,1-6H3,(H,55,56)(H,48,51,52,54). The molecular formula is C46H51N7O4S. The van der Waals surface area contributed by atoms with Gasteiger partial charge in [0.05, 0.1) is 34.3 Å². The molecule has 1 amide bonds. The maximum atomic E-state index is 13.6. The summed E-state index contributed by atoms with van der Waals surface area (Å²) < 4.78 is 9.99. The number of benzene rings is 2. The Kier molecular flexibility index (Phi) is 9.14. The number of thiazole rings is 1. The molecule has 0 spiro atoms. The number of fused-ring (bicyclic) bond motifs is 2. The third kappa shape index (κ3) is 6.22. The van der Waals surface area contributed by atoms with E-state index in [9.17, 15) is 14.7 Å². The van der Waals surface area contributed by atoms with Gasteiger partial charge in [-0.1, -0.05) is 56.4 Å². The molecule has 11 nitrogen and oxygen atoms in total. The van der Waals surface area contributed by atoms with Gasteiger partial charge in [-0.05, 0) is 129 Å². The highest BCUT2D eigenvalue weighted by Gasteiger charge is 2.70. The monoisotopic (exact) mass is 797 g/mol. The number of carboxylic acid groups (broad SMARTS) is 1. The van der Waals surface area contributed by atoms with Crippen LogP contribution in [0.4, 0.5) is 5.13 Å². The molecule has 4 heterocycles. The number of amides is 1. The molecule has 0 radical (unpaired) electrons. The van der Waals surface area contributed by atoms with E-state index in [4.69, 9.17) is 14.8 Å². The summed E-state index contributed by atoms with van der Waals surface area (Å²) in [7, 11) is 1.98. The number of carboxylic acids is 1. The Hall–Kier alpha value is -5.04. The van der Waals surface area contributed by atoms with Gasteiger partial charge in [-0.15, -0.1) is 0 Å². The maximum absolute atomic E-state index is 13.6. The van der Waals surface area contributed by atoms with Gasteiger partial charge < -0.3 is 15.2 Å². The van der Waals surface area contributed by atoms with Crippen molar-refractivity contribution >= 4 is 49.5 Å². The zero-order valence-electron chi connectivity index (χ0n) is 34.1. The summed E-state index contributed by atoms with van der Waals surface area (Å²) in [5.41, 5.74) is 4.28. The molecule has 3 unspecified atom stereocenters. The number of hydrogen-bond acceptors (Lipinski definition) is 9. The van der Waals surface area contributed by atoms with Gasteiger partial charge >= 0.3 is 5.97 Å². The number of likely N-dealkylation sites (N-methyl/N-ethyl adjacent to an activating group) is 1. The number of carbonyl (C=O) groups excluding carboxylic acids is 1. The van der Waals surface area contributed by atoms with E-state index < -0.39 is 5.97 Å². The predicted octanol–water partition coefficient (Wildman–Crippen LogP) is 9.51. The molecule has 2 aromatic carbocycles. The van der Waals surface area contributed by atoms with Crippen molar-refractivity contribution in [2.24, 2.45) is 16.2 Å². The molecule has 3 atom stereocenters. The average Bonchev–Trinajstić information content (AvgIpc) is 3.78. The van der Waals surface area contributed by atoms with Crippen LogP contribution in [0.5, 0.6) is 0 Å². The van der Waals surface area contributed by atoms with Gasteiger partial charge in [-0.2, -0.15) is 10.1 Å². The van der Waals surface area contributed by atoms with Crippen molar-refractivity contribution in [3.8, 4) is 22.4 Å². The first-order valence-corrected chi connectivity index (χ1v) is 21.2. The van der Waals surface area contributed by atoms with Crippen molar-refractivity contribution in [2.75, 3.05) is 25.5 Å². The van der Waals surface area contributed by atoms with Crippen LogP contribution in [0.1, 0.15) is 99.2 Å². The normalized spacial score (nSPS) is 26.0. The van der Waals surface area contributed by atoms with Crippen LogP contribution in [0.15, 0.2) is 73.1 Å². The third-order valence-corrected chi connectivity index (χ3v) is 14.7. The van der Waals surface area contributed by atoms with E-state index in [0.29, 0.717) is 39.8 Å². The smallest absolute Gasteiger partial charge is 0.355 e. The number of carbonyl (C=O) groups is 2. The van der Waals surface area contributed by atoms with Crippen molar-refractivity contribution in [3.05, 3.63) is 90.0 Å². The van der Waals surface area contributed by atoms with E-state index in [1.165, 1.54) is 17.8 Å². The van der Waals surface area contributed by atoms with E-state index >= 15 is 0 Å². The van der Waals surface area contributed by atoms with Gasteiger partial charge in [-0.25, -0.2) is 14.8 Å². The lowest BCUT2D eigenvalue weighted by molar-refractivity contribution is -0.269. The Bertz CT molecular complexity index is 2560. The molecule has 4 fully saturated rings. The van der Waals surface area contributed by atoms with Crippen LogP contribution >= 0.6 is 11.3 Å². The first-order chi connectivity index (χ1) is 27.7. The number of hydrogen-bond donors (Lipinski definition) is 3. The molecular weight excluding hydrogens is 747 g/mol. The van der Waals surface area contributed by atoms with Crippen LogP contribution in [0.3, 0.4) is 0 Å². The minimum atomic E-state index is -1.11. The fraction of sp³-hybridized carbons (Fsp3) is 0.435. The lowest BCUT2D eigenvalue weighted by atomic mass is 9.35. The third-order valence-electron chi connectivity index (χ3n) is 13.8. The van der Waals surface area contributed by atoms with Crippen LogP contribution in [0.2, 0.25) is 0 Å². The number of nitrogens with zero attached hydrogens (tertiary/aromatic N) is 5. The van der Waals surface area contributed by atoms with Crippen LogP contribution in [0.25, 0.3) is 43.5 Å². The molecule has 4 saturated carbocycles. The number of rotatable bonds is 12. The second kappa shape index (κ2) is 13.8. The van der Waals surface area contributed by atoms with Crippen LogP contribution in [-0.2, 0) is 10.3 Å². The number of pyridine rings is 2. The lowest BCUT2D eigenvalue weighted by Crippen LogP contribution is -2.69. The predicted molar refractivity (Wildman–Crippen MR) is 228 cm³/mol. The number of ether oxygens (including phenoxy) is 1. The average molecular weight is 798 g/mol. The molecule has 4 aliphatic carbocycles. The summed E-state index contributed by atoms with van der Waals surface area (Å²) in [5, 5.41) is 24.0. The van der Waals surface area contributed by atoms with E-state index in [-0.39, 0.29) is 39.0 Å². The minimum absolute atomic E-state index is 0.0388. The van der Waals surface area contributed by atoms with Crippen molar-refractivity contribution in [1.82, 2.24) is 30.0 Å². The summed E-state index contributed by atoms with van der Waals surface area (Å²) in [4.78, 5) is 40.2. The molecule has 10 rings (SSSR count). The Balaban J connectivity index is 1.05. The molecule has 300 valence electrons. The molecule has 3 N–H and O–H groups in total. The second-order valence-corrected chi connectivity index (χ2v) is 19.2. The molecule has 12 heteroatoms. The molecule has 4 aliphatic rings. The topological polar surface area (TPSA) is 144 Å². The summed E-state index contributed by atoms with van der Waals surface area (Å²) in [6, 6.07) is 18.8. The van der Waals surface area contributed by atoms with Crippen LogP contribution in [0, 0.1) is 23.2 Å². The van der Waals surface area contributed by atoms with E-state index in [0.717, 1.165) is 71.8 Å². The number of aromatic carboxylic acids is 1. The molecule has 6 aromatic rings. The highest BCUT2D eigenvalue weighted by atomic mass is 32.1. The summed E-state index contributed by atoms with van der Waals surface area (Å²) in [6.45, 7) is 13.2. The highest BCUT2D eigenvalue weighted by Crippen LogP contribution is 2.75. The van der Waals surface area contributed by atoms with Gasteiger partial charge in [0, 0.05) is 40.7 Å². The fourth-order valence-corrected chi connectivity index (χ4v) is 13.0. The van der Waals surface area contributed by atoms with Gasteiger partial charge in [0.25, 0.3) is 5.91 Å². The largest absolute Gasteiger partial charge is 0.476 e. The Morgan fingerprint density at radius 2 is 1.76 bits per heavy atom. The molecule has 0 saturated heterocycles. The van der Waals surface area contributed by atoms with Gasteiger partial charge in [-0.3, -0.25) is 14.8 Å². The highest BCUT2D eigenvalue weighted by molar-refractivity contribution is 7.22. The van der Waals surface area contributed by atoms with Crippen LogP contribution < -0.4 is 10.6 Å². The van der Waals surface area contributed by atoms with Gasteiger partial charge in [0.15, 0.2) is 16.5 Å². The van der Waals surface area contributed by atoms with Crippen molar-refractivity contribution in [1.29, 1.82) is 0 Å². The van der Waals surface area contributed by atoms with Crippen molar-refractivity contribution < 1.29 is 19.4 Å². The molecule has 4 aromatic heterocycles.